The van der Waals surface area contributed by atoms with Gasteiger partial charge in [-0.15, -0.1) is 11.8 Å². The standard InChI is InChI=1S/C14H18BrNO3S/c1-2-9-3-4-12(10(15)7-9)19-6-5-13-16-11(8-20-13)14(17)18/h3-4,7,11,13,16H,2,5-6,8H2,1H3,(H,17,18). The first kappa shape index (κ1) is 15.7. The van der Waals surface area contributed by atoms with Crippen molar-refractivity contribution < 1.29 is 14.6 Å². The van der Waals surface area contributed by atoms with Crippen molar-refractivity contribution >= 4 is 33.7 Å². The summed E-state index contributed by atoms with van der Waals surface area (Å²) in [5.41, 5.74) is 1.27. The summed E-state index contributed by atoms with van der Waals surface area (Å²) in [7, 11) is 0. The zero-order chi connectivity index (χ0) is 14.5. The van der Waals surface area contributed by atoms with E-state index in [9.17, 15) is 4.79 Å². The molecule has 0 aromatic heterocycles. The van der Waals surface area contributed by atoms with Gasteiger partial charge in [0.05, 0.1) is 16.5 Å². The van der Waals surface area contributed by atoms with Crippen molar-refractivity contribution in [3.05, 3.63) is 28.2 Å². The van der Waals surface area contributed by atoms with E-state index in [1.807, 2.05) is 6.07 Å². The summed E-state index contributed by atoms with van der Waals surface area (Å²) in [6, 6.07) is 5.67. The molecule has 0 spiro atoms. The van der Waals surface area contributed by atoms with E-state index in [4.69, 9.17) is 9.84 Å². The lowest BCUT2D eigenvalue weighted by molar-refractivity contribution is -0.138. The van der Waals surface area contributed by atoms with Gasteiger partial charge in [0.1, 0.15) is 11.8 Å². The zero-order valence-corrected chi connectivity index (χ0v) is 13.7. The van der Waals surface area contributed by atoms with Crippen molar-refractivity contribution in [2.24, 2.45) is 0 Å². The van der Waals surface area contributed by atoms with Crippen molar-refractivity contribution in [3.63, 3.8) is 0 Å². The average molecular weight is 360 g/mol. The van der Waals surface area contributed by atoms with E-state index in [0.29, 0.717) is 12.4 Å². The third-order valence-corrected chi connectivity index (χ3v) is 5.11. The molecule has 1 aliphatic rings. The molecular weight excluding hydrogens is 342 g/mol. The molecule has 20 heavy (non-hydrogen) atoms. The van der Waals surface area contributed by atoms with Gasteiger partial charge in [-0.05, 0) is 40.0 Å². The molecule has 1 saturated heterocycles. The van der Waals surface area contributed by atoms with E-state index in [0.717, 1.165) is 23.1 Å². The van der Waals surface area contributed by atoms with Crippen LogP contribution in [0.1, 0.15) is 18.9 Å². The lowest BCUT2D eigenvalue weighted by Gasteiger charge is -2.13. The van der Waals surface area contributed by atoms with Gasteiger partial charge >= 0.3 is 5.97 Å². The molecule has 0 bridgehead atoms. The zero-order valence-electron chi connectivity index (χ0n) is 11.3. The number of halogens is 1. The van der Waals surface area contributed by atoms with Crippen LogP contribution in [0.15, 0.2) is 22.7 Å². The second kappa shape index (κ2) is 7.33. The number of nitrogens with one attached hydrogen (secondary N) is 1. The Bertz CT molecular complexity index is 483. The summed E-state index contributed by atoms with van der Waals surface area (Å²) < 4.78 is 6.71. The van der Waals surface area contributed by atoms with Crippen LogP contribution in [0.25, 0.3) is 0 Å². The molecule has 2 atom stereocenters. The predicted octanol–water partition coefficient (Wildman–Crippen LogP) is 2.90. The number of benzene rings is 1. The van der Waals surface area contributed by atoms with Gasteiger partial charge in [0.2, 0.25) is 0 Å². The number of carboxylic acid groups (broad SMARTS) is 1. The highest BCUT2D eigenvalue weighted by Gasteiger charge is 2.29. The highest BCUT2D eigenvalue weighted by atomic mass is 79.9. The van der Waals surface area contributed by atoms with Crippen LogP contribution >= 0.6 is 27.7 Å². The molecule has 0 saturated carbocycles. The molecule has 1 aromatic rings. The van der Waals surface area contributed by atoms with Crippen molar-refractivity contribution in [2.75, 3.05) is 12.4 Å². The van der Waals surface area contributed by atoms with E-state index >= 15 is 0 Å². The summed E-state index contributed by atoms with van der Waals surface area (Å²) in [6.07, 6.45) is 1.79. The largest absolute Gasteiger partial charge is 0.492 e. The Balaban J connectivity index is 1.78. The van der Waals surface area contributed by atoms with Gasteiger partial charge in [-0.3, -0.25) is 10.1 Å². The molecule has 1 fully saturated rings. The van der Waals surface area contributed by atoms with E-state index in [2.05, 4.69) is 40.3 Å². The minimum Gasteiger partial charge on any atom is -0.492 e. The van der Waals surface area contributed by atoms with Gasteiger partial charge in [-0.25, -0.2) is 0 Å². The Hall–Kier alpha value is -0.720. The molecule has 2 N–H and O–H groups in total. The third kappa shape index (κ3) is 4.14. The van der Waals surface area contributed by atoms with Crippen LogP contribution < -0.4 is 10.1 Å². The lowest BCUT2D eigenvalue weighted by Crippen LogP contribution is -2.37. The highest BCUT2D eigenvalue weighted by molar-refractivity contribution is 9.10. The fourth-order valence-electron chi connectivity index (χ4n) is 2.00. The molecule has 2 rings (SSSR count). The van der Waals surface area contributed by atoms with Gasteiger partial charge in [0, 0.05) is 12.2 Å². The van der Waals surface area contributed by atoms with Crippen LogP contribution in [0.4, 0.5) is 0 Å². The Morgan fingerprint density at radius 1 is 1.60 bits per heavy atom. The molecule has 0 aliphatic carbocycles. The van der Waals surface area contributed by atoms with Gasteiger partial charge < -0.3 is 9.84 Å². The third-order valence-electron chi connectivity index (χ3n) is 3.19. The van der Waals surface area contributed by atoms with Crippen molar-refractivity contribution in [1.82, 2.24) is 5.32 Å². The van der Waals surface area contributed by atoms with Crippen molar-refractivity contribution in [2.45, 2.75) is 31.2 Å². The Morgan fingerprint density at radius 3 is 3.00 bits per heavy atom. The van der Waals surface area contributed by atoms with E-state index < -0.39 is 12.0 Å². The molecule has 110 valence electrons. The maximum Gasteiger partial charge on any atom is 0.321 e. The second-order valence-electron chi connectivity index (χ2n) is 4.63. The first-order chi connectivity index (χ1) is 9.60. The number of thioether (sulfide) groups is 1. The second-order valence-corrected chi connectivity index (χ2v) is 6.72. The van der Waals surface area contributed by atoms with Crippen molar-refractivity contribution in [1.29, 1.82) is 0 Å². The number of hydrogen-bond donors (Lipinski definition) is 2. The fourth-order valence-corrected chi connectivity index (χ4v) is 3.73. The molecule has 0 radical (unpaired) electrons. The average Bonchev–Trinajstić information content (AvgIpc) is 2.89. The molecule has 1 aromatic carbocycles. The van der Waals surface area contributed by atoms with Crippen LogP contribution in [0, 0.1) is 0 Å². The summed E-state index contributed by atoms with van der Waals surface area (Å²) in [4.78, 5) is 10.8. The number of aryl methyl sites for hydroxylation is 1. The summed E-state index contributed by atoms with van der Waals surface area (Å²) in [6.45, 7) is 2.69. The number of carboxylic acids is 1. The molecule has 0 amide bonds. The number of carbonyl (C=O) groups is 1. The SMILES string of the molecule is CCc1ccc(OCCC2NC(C(=O)O)CS2)c(Br)c1. The minimum atomic E-state index is -0.779. The quantitative estimate of drug-likeness (QED) is 0.817. The first-order valence-electron chi connectivity index (χ1n) is 6.62. The molecule has 6 heteroatoms. The maximum atomic E-state index is 10.8. The molecule has 1 heterocycles. The van der Waals surface area contributed by atoms with Gasteiger partial charge in [0.25, 0.3) is 0 Å². The summed E-state index contributed by atoms with van der Waals surface area (Å²) >= 11 is 5.15. The monoisotopic (exact) mass is 359 g/mol. The number of hydrogen-bond acceptors (Lipinski definition) is 4. The molecule has 2 unspecified atom stereocenters. The fraction of sp³-hybridized carbons (Fsp3) is 0.500. The van der Waals surface area contributed by atoms with E-state index in [1.54, 1.807) is 11.8 Å². The van der Waals surface area contributed by atoms with Crippen LogP contribution in [0.3, 0.4) is 0 Å². The van der Waals surface area contributed by atoms with Crippen LogP contribution in [0.2, 0.25) is 0 Å². The number of rotatable bonds is 6. The Kier molecular flexibility index (Phi) is 5.74. The Labute approximate surface area is 131 Å². The van der Waals surface area contributed by atoms with Gasteiger partial charge in [-0.2, -0.15) is 0 Å². The van der Waals surface area contributed by atoms with Gasteiger partial charge in [-0.1, -0.05) is 13.0 Å². The molecule has 1 aliphatic heterocycles. The summed E-state index contributed by atoms with van der Waals surface area (Å²) in [5, 5.41) is 12.1. The van der Waals surface area contributed by atoms with Crippen LogP contribution in [0.5, 0.6) is 5.75 Å². The smallest absolute Gasteiger partial charge is 0.321 e. The summed E-state index contributed by atoms with van der Waals surface area (Å²) in [5.74, 6) is 0.674. The number of ether oxygens (including phenoxy) is 1. The first-order valence-corrected chi connectivity index (χ1v) is 8.46. The maximum absolute atomic E-state index is 10.8. The van der Waals surface area contributed by atoms with Crippen molar-refractivity contribution in [3.8, 4) is 5.75 Å². The highest BCUT2D eigenvalue weighted by Crippen LogP contribution is 2.27. The normalized spacial score (nSPS) is 21.9. The van der Waals surface area contributed by atoms with Crippen LogP contribution in [-0.2, 0) is 11.2 Å². The lowest BCUT2D eigenvalue weighted by atomic mass is 10.2. The molecule has 4 nitrogen and oxygen atoms in total. The van der Waals surface area contributed by atoms with E-state index in [1.165, 1.54) is 5.56 Å². The number of aliphatic carboxylic acids is 1. The topological polar surface area (TPSA) is 58.6 Å². The van der Waals surface area contributed by atoms with Crippen LogP contribution in [-0.4, -0.2) is 34.9 Å². The Morgan fingerprint density at radius 2 is 2.40 bits per heavy atom. The predicted molar refractivity (Wildman–Crippen MR) is 84.4 cm³/mol. The van der Waals surface area contributed by atoms with Gasteiger partial charge in [0.15, 0.2) is 0 Å². The molecular formula is C14H18BrNO3S. The minimum absolute atomic E-state index is 0.157. The van der Waals surface area contributed by atoms with E-state index in [-0.39, 0.29) is 5.37 Å².